The highest BCUT2D eigenvalue weighted by atomic mass is 19.4. The first-order valence-corrected chi connectivity index (χ1v) is 10.7. The summed E-state index contributed by atoms with van der Waals surface area (Å²) in [5, 5.41) is 2.72. The van der Waals surface area contributed by atoms with E-state index in [0.717, 1.165) is 38.1 Å². The van der Waals surface area contributed by atoms with Crippen LogP contribution in [0.2, 0.25) is 0 Å². The molecule has 0 aliphatic carbocycles. The van der Waals surface area contributed by atoms with Gasteiger partial charge >= 0.3 is 6.18 Å². The molecule has 0 bridgehead atoms. The molecule has 1 aromatic carbocycles. The van der Waals surface area contributed by atoms with Gasteiger partial charge in [0.25, 0.3) is 0 Å². The van der Waals surface area contributed by atoms with Gasteiger partial charge in [0.2, 0.25) is 5.91 Å². The van der Waals surface area contributed by atoms with Crippen molar-refractivity contribution in [3.8, 4) is 0 Å². The summed E-state index contributed by atoms with van der Waals surface area (Å²) in [6.45, 7) is 4.94. The number of nitrogens with one attached hydrogen (secondary N) is 1. The minimum atomic E-state index is -4.48. The van der Waals surface area contributed by atoms with E-state index in [2.05, 4.69) is 5.32 Å². The van der Waals surface area contributed by atoms with Crippen LogP contribution in [0.15, 0.2) is 18.2 Å². The number of piperidine rings is 1. The molecule has 0 atom stereocenters. The van der Waals surface area contributed by atoms with E-state index >= 15 is 0 Å². The number of carbonyl (C=O) groups is 1. The molecule has 7 nitrogen and oxygen atoms in total. The number of rotatable bonds is 5. The number of halogens is 3. The van der Waals surface area contributed by atoms with E-state index in [0.29, 0.717) is 51.1 Å². The lowest BCUT2D eigenvalue weighted by molar-refractivity contribution is -0.137. The molecule has 3 aliphatic heterocycles. The van der Waals surface area contributed by atoms with Gasteiger partial charge in [-0.1, -0.05) is 0 Å². The topological polar surface area (TPSA) is 63.3 Å². The number of benzene rings is 1. The first kappa shape index (κ1) is 22.3. The first-order chi connectivity index (χ1) is 14.9. The van der Waals surface area contributed by atoms with Crippen molar-refractivity contribution in [2.75, 3.05) is 69.4 Å². The Labute approximate surface area is 179 Å². The zero-order chi connectivity index (χ0) is 21.8. The molecule has 0 spiro atoms. The van der Waals surface area contributed by atoms with Crippen molar-refractivity contribution in [1.82, 2.24) is 4.90 Å². The van der Waals surface area contributed by atoms with Crippen molar-refractivity contribution in [3.63, 3.8) is 0 Å². The van der Waals surface area contributed by atoms with Gasteiger partial charge in [-0.15, -0.1) is 0 Å². The fourth-order valence-electron chi connectivity index (χ4n) is 4.32. The van der Waals surface area contributed by atoms with Crippen LogP contribution in [0.1, 0.15) is 18.4 Å². The minimum Gasteiger partial charge on any atom is -0.378 e. The summed E-state index contributed by atoms with van der Waals surface area (Å²) in [5.74, 6) is -0.00106. The van der Waals surface area contributed by atoms with E-state index in [9.17, 15) is 18.0 Å². The van der Waals surface area contributed by atoms with E-state index < -0.39 is 11.7 Å². The van der Waals surface area contributed by atoms with Crippen LogP contribution >= 0.6 is 0 Å². The average Bonchev–Trinajstić information content (AvgIpc) is 3.29. The van der Waals surface area contributed by atoms with Gasteiger partial charge in [0.15, 0.2) is 6.29 Å². The zero-order valence-electron chi connectivity index (χ0n) is 17.3. The number of ether oxygens (including phenoxy) is 3. The standard InChI is InChI=1S/C21H28F3N3O4/c22-21(23,24)16-1-2-18(27-7-9-29-10-8-27)17(13-16)25-19(28)14-26-5-3-15(4-6-26)20-30-11-12-31-20/h1-2,13,15,20H,3-12,14H2,(H,25,28). The second kappa shape index (κ2) is 9.72. The van der Waals surface area contributed by atoms with Gasteiger partial charge in [-0.2, -0.15) is 13.2 Å². The van der Waals surface area contributed by atoms with Crippen molar-refractivity contribution >= 4 is 17.3 Å². The Morgan fingerprint density at radius 3 is 2.35 bits per heavy atom. The third-order valence-electron chi connectivity index (χ3n) is 5.98. The molecule has 3 fully saturated rings. The van der Waals surface area contributed by atoms with E-state index in [1.807, 2.05) is 9.80 Å². The van der Waals surface area contributed by atoms with E-state index in [-0.39, 0.29) is 24.4 Å². The number of likely N-dealkylation sites (tertiary alicyclic amines) is 1. The molecular weight excluding hydrogens is 415 g/mol. The predicted octanol–water partition coefficient (Wildman–Crippen LogP) is 2.57. The smallest absolute Gasteiger partial charge is 0.378 e. The normalized spacial score (nSPS) is 22.1. The molecule has 1 aromatic rings. The van der Waals surface area contributed by atoms with Crippen LogP contribution in [0.4, 0.5) is 24.5 Å². The Bertz CT molecular complexity index is 757. The van der Waals surface area contributed by atoms with Gasteiger partial charge in [-0.05, 0) is 44.1 Å². The van der Waals surface area contributed by atoms with Crippen LogP contribution in [0.3, 0.4) is 0 Å². The number of morpholine rings is 1. The summed E-state index contributed by atoms with van der Waals surface area (Å²) in [6, 6.07) is 3.50. The van der Waals surface area contributed by atoms with Gasteiger partial charge in [0, 0.05) is 19.0 Å². The molecule has 1 N–H and O–H groups in total. The van der Waals surface area contributed by atoms with E-state index in [4.69, 9.17) is 14.2 Å². The van der Waals surface area contributed by atoms with Gasteiger partial charge in [-0.3, -0.25) is 9.69 Å². The molecule has 0 unspecified atom stereocenters. The molecule has 172 valence electrons. The maximum Gasteiger partial charge on any atom is 0.416 e. The monoisotopic (exact) mass is 443 g/mol. The third-order valence-corrected chi connectivity index (χ3v) is 5.98. The molecular formula is C21H28F3N3O4. The lowest BCUT2D eigenvalue weighted by Crippen LogP contribution is -2.42. The van der Waals surface area contributed by atoms with Crippen molar-refractivity contribution < 1.29 is 32.2 Å². The van der Waals surface area contributed by atoms with Crippen molar-refractivity contribution in [3.05, 3.63) is 23.8 Å². The molecule has 3 aliphatic rings. The summed E-state index contributed by atoms with van der Waals surface area (Å²) >= 11 is 0. The highest BCUT2D eigenvalue weighted by Crippen LogP contribution is 2.36. The van der Waals surface area contributed by atoms with E-state index in [1.54, 1.807) is 0 Å². The van der Waals surface area contributed by atoms with Gasteiger partial charge < -0.3 is 24.4 Å². The number of nitrogens with zero attached hydrogens (tertiary/aromatic N) is 2. The number of carbonyl (C=O) groups excluding carboxylic acids is 1. The van der Waals surface area contributed by atoms with Gasteiger partial charge in [0.05, 0.1) is 49.9 Å². The number of amides is 1. The highest BCUT2D eigenvalue weighted by molar-refractivity contribution is 5.95. The quantitative estimate of drug-likeness (QED) is 0.755. The van der Waals surface area contributed by atoms with Crippen molar-refractivity contribution in [1.29, 1.82) is 0 Å². The van der Waals surface area contributed by atoms with Crippen molar-refractivity contribution in [2.24, 2.45) is 5.92 Å². The number of hydrogen-bond acceptors (Lipinski definition) is 6. The summed E-state index contributed by atoms with van der Waals surface area (Å²) in [4.78, 5) is 16.6. The number of hydrogen-bond donors (Lipinski definition) is 1. The minimum absolute atomic E-state index is 0.137. The Morgan fingerprint density at radius 2 is 1.71 bits per heavy atom. The average molecular weight is 443 g/mol. The maximum absolute atomic E-state index is 13.2. The Kier molecular flexibility index (Phi) is 7.00. The fourth-order valence-corrected chi connectivity index (χ4v) is 4.32. The molecule has 4 rings (SSSR count). The van der Waals surface area contributed by atoms with Crippen molar-refractivity contribution in [2.45, 2.75) is 25.3 Å². The Balaban J connectivity index is 1.39. The third kappa shape index (κ3) is 5.68. The SMILES string of the molecule is O=C(CN1CCC(C2OCCO2)CC1)Nc1cc(C(F)(F)F)ccc1N1CCOCC1. The number of anilines is 2. The second-order valence-electron chi connectivity index (χ2n) is 8.10. The largest absolute Gasteiger partial charge is 0.416 e. The Hall–Kier alpha value is -1.88. The first-order valence-electron chi connectivity index (χ1n) is 10.7. The predicted molar refractivity (Wildman–Crippen MR) is 108 cm³/mol. The summed E-state index contributed by atoms with van der Waals surface area (Å²) in [6.07, 6.45) is -2.91. The fraction of sp³-hybridized carbons (Fsp3) is 0.667. The molecule has 3 saturated heterocycles. The molecule has 0 aromatic heterocycles. The molecule has 0 radical (unpaired) electrons. The second-order valence-corrected chi connectivity index (χ2v) is 8.10. The van der Waals surface area contributed by atoms with Gasteiger partial charge in [0.1, 0.15) is 0 Å². The van der Waals surface area contributed by atoms with Crippen LogP contribution in [-0.4, -0.2) is 76.2 Å². The van der Waals surface area contributed by atoms with Crippen LogP contribution in [0.5, 0.6) is 0 Å². The molecule has 10 heteroatoms. The summed E-state index contributed by atoms with van der Waals surface area (Å²) in [7, 11) is 0. The highest BCUT2D eigenvalue weighted by Gasteiger charge is 2.33. The molecule has 3 heterocycles. The Morgan fingerprint density at radius 1 is 1.03 bits per heavy atom. The van der Waals surface area contributed by atoms with Crippen LogP contribution in [0, 0.1) is 5.92 Å². The number of alkyl halides is 3. The summed E-state index contributed by atoms with van der Waals surface area (Å²) in [5.41, 5.74) is -0.0135. The van der Waals surface area contributed by atoms with Gasteiger partial charge in [-0.25, -0.2) is 0 Å². The zero-order valence-corrected chi connectivity index (χ0v) is 17.3. The summed E-state index contributed by atoms with van der Waals surface area (Å²) < 4.78 is 56.2. The molecule has 31 heavy (non-hydrogen) atoms. The van der Waals surface area contributed by atoms with Crippen LogP contribution < -0.4 is 10.2 Å². The lowest BCUT2D eigenvalue weighted by atomic mass is 9.96. The van der Waals surface area contributed by atoms with Crippen LogP contribution in [0.25, 0.3) is 0 Å². The molecule has 0 saturated carbocycles. The van der Waals surface area contributed by atoms with E-state index in [1.165, 1.54) is 6.07 Å². The lowest BCUT2D eigenvalue weighted by Gasteiger charge is -2.33. The molecule has 1 amide bonds. The van der Waals surface area contributed by atoms with Crippen LogP contribution in [-0.2, 0) is 25.2 Å². The maximum atomic E-state index is 13.2.